The van der Waals surface area contributed by atoms with Crippen LogP contribution in [0.3, 0.4) is 0 Å². The van der Waals surface area contributed by atoms with Crippen molar-refractivity contribution in [2.75, 3.05) is 18.9 Å². The Morgan fingerprint density at radius 1 is 0.778 bits per heavy atom. The summed E-state index contributed by atoms with van der Waals surface area (Å²) in [6, 6.07) is 2.07. The monoisotopic (exact) mass is 709 g/mol. The van der Waals surface area contributed by atoms with Gasteiger partial charge in [-0.05, 0) is 6.07 Å². The van der Waals surface area contributed by atoms with Gasteiger partial charge in [-0.1, -0.05) is 0 Å². The zero-order chi connectivity index (χ0) is 33.5. The standard InChI is InChI=1S/C18H26N5O19P3/c19-9-1-3-22(17(29)20-9)15-13(27)11(25)7(39-15)5-37-43(31,32)41-45(35,36)42-44(33,34)38-6-8-12(26)14(28)16(40-8)23-4-2-10(24)21-18(23)30/h1-4,7-8,11-16,25-28H,5-6H2,(H,31,32)(H,33,34)(H,35,36)(H2,19,20,29)(H,21,24,30)/t7-,8-,11-,12-,13-,14-,15+,16-/m1/s1. The molecule has 10 N–H and O–H groups in total. The van der Waals surface area contributed by atoms with Gasteiger partial charge in [-0.25, -0.2) is 23.3 Å². The van der Waals surface area contributed by atoms with Crippen LogP contribution < -0.4 is 22.7 Å². The zero-order valence-corrected chi connectivity index (χ0v) is 24.8. The fraction of sp³-hybridized carbons (Fsp3) is 0.556. The van der Waals surface area contributed by atoms with Gasteiger partial charge in [0.2, 0.25) is 0 Å². The van der Waals surface area contributed by atoms with Crippen LogP contribution in [0.25, 0.3) is 0 Å². The van der Waals surface area contributed by atoms with Crippen LogP contribution >= 0.6 is 23.5 Å². The van der Waals surface area contributed by atoms with Crippen LogP contribution in [0.4, 0.5) is 5.82 Å². The average molecular weight is 709 g/mol. The summed E-state index contributed by atoms with van der Waals surface area (Å²) in [7, 11) is -17.3. The lowest BCUT2D eigenvalue weighted by atomic mass is 10.1. The predicted molar refractivity (Wildman–Crippen MR) is 140 cm³/mol. The minimum absolute atomic E-state index is 0.159. The van der Waals surface area contributed by atoms with Gasteiger partial charge in [0.1, 0.15) is 42.4 Å². The molecule has 0 aliphatic carbocycles. The second-order valence-corrected chi connectivity index (χ2v) is 13.9. The second-order valence-electron chi connectivity index (χ2n) is 9.31. The fourth-order valence-electron chi connectivity index (χ4n) is 4.10. The van der Waals surface area contributed by atoms with E-state index < -0.39 is 103 Å². The molecule has 0 aromatic carbocycles. The van der Waals surface area contributed by atoms with Crippen LogP contribution in [0.5, 0.6) is 0 Å². The van der Waals surface area contributed by atoms with Gasteiger partial charge in [-0.15, -0.1) is 0 Å². The Morgan fingerprint density at radius 3 is 1.71 bits per heavy atom. The number of nitrogens with zero attached hydrogens (tertiary/aromatic N) is 3. The van der Waals surface area contributed by atoms with E-state index in [1.165, 1.54) is 6.07 Å². The molecule has 3 unspecified atom stereocenters. The number of phosphoric ester groups is 2. The van der Waals surface area contributed by atoms with Gasteiger partial charge < -0.3 is 50.3 Å². The normalized spacial score (nSPS) is 32.5. The van der Waals surface area contributed by atoms with Crippen molar-refractivity contribution in [3.05, 3.63) is 55.8 Å². The summed E-state index contributed by atoms with van der Waals surface area (Å²) in [5, 5.41) is 40.8. The molecule has 2 aliphatic rings. The Hall–Kier alpha value is -2.47. The summed E-state index contributed by atoms with van der Waals surface area (Å²) in [5.41, 5.74) is 2.58. The molecule has 11 atom stereocenters. The molecule has 0 amide bonds. The van der Waals surface area contributed by atoms with E-state index in [1.807, 2.05) is 4.98 Å². The summed E-state index contributed by atoms with van der Waals surface area (Å²) >= 11 is 0. The first kappa shape index (κ1) is 35.4. The number of phosphoric acid groups is 3. The molecule has 45 heavy (non-hydrogen) atoms. The molecule has 4 rings (SSSR count). The molecule has 0 radical (unpaired) electrons. The number of nitrogens with two attached hydrogens (primary N) is 1. The number of rotatable bonds is 12. The first-order chi connectivity index (χ1) is 20.8. The summed E-state index contributed by atoms with van der Waals surface area (Å²) < 4.78 is 65.4. The Morgan fingerprint density at radius 2 is 1.24 bits per heavy atom. The number of hydrogen-bond donors (Lipinski definition) is 9. The Balaban J connectivity index is 1.31. The van der Waals surface area contributed by atoms with Crippen molar-refractivity contribution in [1.82, 2.24) is 19.1 Å². The Bertz CT molecular complexity index is 1710. The van der Waals surface area contributed by atoms with Gasteiger partial charge >= 0.3 is 34.8 Å². The highest BCUT2D eigenvalue weighted by molar-refractivity contribution is 7.66. The number of anilines is 1. The molecular formula is C18H26N5O19P3. The van der Waals surface area contributed by atoms with Gasteiger partial charge in [0.15, 0.2) is 12.5 Å². The molecule has 2 aromatic heterocycles. The lowest BCUT2D eigenvalue weighted by molar-refractivity contribution is -0.0548. The largest absolute Gasteiger partial charge is 0.490 e. The molecular weight excluding hydrogens is 683 g/mol. The number of ether oxygens (including phenoxy) is 2. The van der Waals surface area contributed by atoms with Crippen molar-refractivity contribution >= 4 is 29.3 Å². The van der Waals surface area contributed by atoms with Crippen molar-refractivity contribution < 1.29 is 75.9 Å². The van der Waals surface area contributed by atoms with Crippen molar-refractivity contribution in [2.24, 2.45) is 0 Å². The fourth-order valence-corrected chi connectivity index (χ4v) is 7.62. The molecule has 2 aromatic rings. The molecule has 252 valence electrons. The van der Waals surface area contributed by atoms with E-state index in [9.17, 15) is 63.2 Å². The van der Waals surface area contributed by atoms with Gasteiger partial charge in [0, 0.05) is 18.5 Å². The third kappa shape index (κ3) is 8.47. The highest BCUT2D eigenvalue weighted by Crippen LogP contribution is 2.67. The molecule has 2 fully saturated rings. The van der Waals surface area contributed by atoms with E-state index in [0.29, 0.717) is 4.57 Å². The molecule has 4 heterocycles. The number of nitrogens with one attached hydrogen (secondary N) is 1. The molecule has 24 nitrogen and oxygen atoms in total. The second kappa shape index (κ2) is 13.3. The summed E-state index contributed by atoms with van der Waals surface area (Å²) in [6.45, 7) is -2.23. The van der Waals surface area contributed by atoms with E-state index in [0.717, 1.165) is 23.0 Å². The number of aliphatic hydroxyl groups is 4. The SMILES string of the molecule is Nc1ccn([C@H]2O[C@H](COP(=O)(O)OP(=O)(O)OP(=O)(O)OC[C@H]3O[C@@H](n4ccc(=O)[nH]c4=O)[C@H](O)[C@@H]3O)[C@@H](O)[C@H]2O)c(=O)n1. The van der Waals surface area contributed by atoms with Gasteiger partial charge in [0.25, 0.3) is 5.56 Å². The average Bonchev–Trinajstić information content (AvgIpc) is 3.35. The van der Waals surface area contributed by atoms with Crippen LogP contribution in [0.1, 0.15) is 12.5 Å². The lowest BCUT2D eigenvalue weighted by Crippen LogP contribution is -2.37. The third-order valence-electron chi connectivity index (χ3n) is 6.14. The van der Waals surface area contributed by atoms with E-state index in [1.54, 1.807) is 0 Å². The van der Waals surface area contributed by atoms with Crippen molar-refractivity contribution in [1.29, 1.82) is 0 Å². The number of aromatic nitrogens is 4. The molecule has 0 saturated carbocycles. The minimum atomic E-state index is -5.98. The van der Waals surface area contributed by atoms with Crippen LogP contribution in [0.2, 0.25) is 0 Å². The van der Waals surface area contributed by atoms with Crippen molar-refractivity contribution in [3.63, 3.8) is 0 Å². The van der Waals surface area contributed by atoms with Crippen LogP contribution in [0, 0.1) is 0 Å². The van der Waals surface area contributed by atoms with Gasteiger partial charge in [-0.2, -0.15) is 13.6 Å². The molecule has 0 bridgehead atoms. The van der Waals surface area contributed by atoms with E-state index in [-0.39, 0.29) is 5.82 Å². The minimum Gasteiger partial charge on any atom is -0.387 e. The zero-order valence-electron chi connectivity index (χ0n) is 22.1. The number of H-pyrrole nitrogens is 1. The van der Waals surface area contributed by atoms with E-state index in [4.69, 9.17) is 15.2 Å². The van der Waals surface area contributed by atoms with E-state index >= 15 is 0 Å². The lowest BCUT2D eigenvalue weighted by Gasteiger charge is -2.21. The number of nitrogen functional groups attached to an aromatic ring is 1. The van der Waals surface area contributed by atoms with E-state index in [2.05, 4.69) is 22.7 Å². The quantitative estimate of drug-likeness (QED) is 0.0947. The molecule has 2 saturated heterocycles. The van der Waals surface area contributed by atoms with Crippen LogP contribution in [-0.2, 0) is 40.8 Å². The number of aromatic amines is 1. The summed E-state index contributed by atoms with van der Waals surface area (Å²) in [4.78, 5) is 69.9. The Kier molecular flexibility index (Phi) is 10.5. The highest BCUT2D eigenvalue weighted by Gasteiger charge is 2.48. The van der Waals surface area contributed by atoms with Gasteiger partial charge in [-0.3, -0.25) is 28.0 Å². The summed E-state index contributed by atoms with van der Waals surface area (Å²) in [5.74, 6) is -0.159. The first-order valence-electron chi connectivity index (χ1n) is 12.2. The smallest absolute Gasteiger partial charge is 0.387 e. The third-order valence-corrected chi connectivity index (χ3v) is 10.4. The topological polar surface area (TPSA) is 364 Å². The molecule has 2 aliphatic heterocycles. The van der Waals surface area contributed by atoms with Crippen molar-refractivity contribution in [3.8, 4) is 0 Å². The predicted octanol–water partition coefficient (Wildman–Crippen LogP) is -4.02. The van der Waals surface area contributed by atoms with Crippen LogP contribution in [-0.4, -0.2) is 104 Å². The highest BCUT2D eigenvalue weighted by atomic mass is 31.3. The maximum absolute atomic E-state index is 12.2. The molecule has 27 heteroatoms. The van der Waals surface area contributed by atoms with Crippen molar-refractivity contribution in [2.45, 2.75) is 49.1 Å². The first-order valence-corrected chi connectivity index (χ1v) is 16.7. The Labute approximate surface area is 248 Å². The van der Waals surface area contributed by atoms with Gasteiger partial charge in [0.05, 0.1) is 13.2 Å². The maximum Gasteiger partial charge on any atom is 0.490 e. The number of aliphatic hydroxyl groups excluding tert-OH is 4. The maximum atomic E-state index is 12.2. The van der Waals surface area contributed by atoms with Crippen LogP contribution in [0.15, 0.2) is 38.9 Å². The number of hydrogen-bond acceptors (Lipinski definition) is 18. The molecule has 0 spiro atoms. The summed E-state index contributed by atoms with van der Waals surface area (Å²) in [6.07, 6.45) is -11.8.